The summed E-state index contributed by atoms with van der Waals surface area (Å²) in [4.78, 5) is 4.40. The molecule has 0 fully saturated rings. The van der Waals surface area contributed by atoms with Crippen LogP contribution >= 0.6 is 0 Å². The van der Waals surface area contributed by atoms with Gasteiger partial charge in [0.05, 0.1) is 7.11 Å². The summed E-state index contributed by atoms with van der Waals surface area (Å²) in [6.45, 7) is 0. The summed E-state index contributed by atoms with van der Waals surface area (Å²) in [5.74, 6) is 0.760. The van der Waals surface area contributed by atoms with E-state index in [0.717, 1.165) is 33.5 Å². The molecular formula is C16H14N2O. The van der Waals surface area contributed by atoms with Gasteiger partial charge in [0.2, 0.25) is 0 Å². The largest absolute Gasteiger partial charge is 0.494 e. The number of hydrogen-bond acceptors (Lipinski definition) is 3. The first-order valence-electron chi connectivity index (χ1n) is 6.08. The average molecular weight is 250 g/mol. The molecule has 2 aromatic carbocycles. The van der Waals surface area contributed by atoms with Crippen molar-refractivity contribution in [3.05, 3.63) is 54.7 Å². The summed E-state index contributed by atoms with van der Waals surface area (Å²) >= 11 is 0. The van der Waals surface area contributed by atoms with Crippen molar-refractivity contribution < 1.29 is 4.74 Å². The minimum absolute atomic E-state index is 0.732. The van der Waals surface area contributed by atoms with E-state index >= 15 is 0 Å². The van der Waals surface area contributed by atoms with Crippen LogP contribution in [0.1, 0.15) is 0 Å². The van der Waals surface area contributed by atoms with E-state index in [1.54, 1.807) is 13.3 Å². The van der Waals surface area contributed by atoms with Crippen LogP contribution in [0.4, 0.5) is 5.69 Å². The molecule has 0 saturated carbocycles. The number of nitrogens with two attached hydrogens (primary N) is 1. The Morgan fingerprint density at radius 3 is 2.58 bits per heavy atom. The van der Waals surface area contributed by atoms with Gasteiger partial charge in [-0.15, -0.1) is 0 Å². The lowest BCUT2D eigenvalue weighted by Gasteiger charge is -2.12. The van der Waals surface area contributed by atoms with Gasteiger partial charge in [-0.25, -0.2) is 0 Å². The van der Waals surface area contributed by atoms with Gasteiger partial charge in [0.15, 0.2) is 5.75 Å². The molecule has 1 aromatic heterocycles. The van der Waals surface area contributed by atoms with Gasteiger partial charge in [-0.3, -0.25) is 4.98 Å². The van der Waals surface area contributed by atoms with E-state index in [2.05, 4.69) is 4.98 Å². The zero-order chi connectivity index (χ0) is 13.2. The van der Waals surface area contributed by atoms with Crippen LogP contribution in [0, 0.1) is 0 Å². The molecule has 19 heavy (non-hydrogen) atoms. The van der Waals surface area contributed by atoms with E-state index in [4.69, 9.17) is 10.5 Å². The molecular weight excluding hydrogens is 236 g/mol. The molecule has 0 bridgehead atoms. The van der Waals surface area contributed by atoms with Gasteiger partial charge in [0.25, 0.3) is 0 Å². The highest BCUT2D eigenvalue weighted by atomic mass is 16.5. The fraction of sp³-hybridized carbons (Fsp3) is 0.0625. The van der Waals surface area contributed by atoms with Crippen LogP contribution in [0.5, 0.6) is 5.75 Å². The SMILES string of the molecule is COc1c(-c2ccccc2N)ccc2cccnc12. The molecule has 0 aliphatic heterocycles. The number of hydrogen-bond donors (Lipinski definition) is 1. The average Bonchev–Trinajstić information content (AvgIpc) is 2.46. The molecule has 0 atom stereocenters. The Hall–Kier alpha value is -2.55. The second-order valence-corrected chi connectivity index (χ2v) is 4.31. The third-order valence-corrected chi connectivity index (χ3v) is 3.18. The number of pyridine rings is 1. The summed E-state index contributed by atoms with van der Waals surface area (Å²) in [5, 5.41) is 1.05. The Kier molecular flexibility index (Phi) is 2.80. The van der Waals surface area contributed by atoms with Crippen LogP contribution in [0.3, 0.4) is 0 Å². The lowest BCUT2D eigenvalue weighted by atomic mass is 10.0. The van der Waals surface area contributed by atoms with E-state index < -0.39 is 0 Å². The van der Waals surface area contributed by atoms with Gasteiger partial charge < -0.3 is 10.5 Å². The highest BCUT2D eigenvalue weighted by Gasteiger charge is 2.12. The van der Waals surface area contributed by atoms with E-state index in [1.165, 1.54) is 0 Å². The van der Waals surface area contributed by atoms with Crippen molar-refractivity contribution in [2.75, 3.05) is 12.8 Å². The van der Waals surface area contributed by atoms with E-state index in [-0.39, 0.29) is 0 Å². The molecule has 0 aliphatic carbocycles. The number of fused-ring (bicyclic) bond motifs is 1. The van der Waals surface area contributed by atoms with Crippen molar-refractivity contribution >= 4 is 16.6 Å². The first-order chi connectivity index (χ1) is 9.31. The molecule has 0 spiro atoms. The molecule has 0 radical (unpaired) electrons. The fourth-order valence-corrected chi connectivity index (χ4v) is 2.28. The van der Waals surface area contributed by atoms with Gasteiger partial charge in [-0.1, -0.05) is 30.3 Å². The molecule has 3 aromatic rings. The van der Waals surface area contributed by atoms with Crippen molar-refractivity contribution in [3.8, 4) is 16.9 Å². The molecule has 0 saturated heterocycles. The zero-order valence-electron chi connectivity index (χ0n) is 10.6. The van der Waals surface area contributed by atoms with Gasteiger partial charge in [0.1, 0.15) is 5.52 Å². The minimum Gasteiger partial charge on any atom is -0.494 e. The van der Waals surface area contributed by atoms with Gasteiger partial charge >= 0.3 is 0 Å². The van der Waals surface area contributed by atoms with Crippen molar-refractivity contribution in [2.24, 2.45) is 0 Å². The smallest absolute Gasteiger partial charge is 0.152 e. The van der Waals surface area contributed by atoms with Crippen LogP contribution in [0.2, 0.25) is 0 Å². The summed E-state index contributed by atoms with van der Waals surface area (Å²) in [7, 11) is 1.66. The summed E-state index contributed by atoms with van der Waals surface area (Å²) < 4.78 is 5.55. The monoisotopic (exact) mass is 250 g/mol. The summed E-state index contributed by atoms with van der Waals surface area (Å²) in [6, 6.07) is 15.8. The van der Waals surface area contributed by atoms with Crippen LogP contribution in [0.15, 0.2) is 54.7 Å². The molecule has 94 valence electrons. The molecule has 0 unspecified atom stereocenters. The Morgan fingerprint density at radius 2 is 1.79 bits per heavy atom. The predicted octanol–water partition coefficient (Wildman–Crippen LogP) is 3.49. The minimum atomic E-state index is 0.732. The highest BCUT2D eigenvalue weighted by molar-refractivity contribution is 5.94. The first kappa shape index (κ1) is 11.5. The molecule has 3 rings (SSSR count). The van der Waals surface area contributed by atoms with Crippen molar-refractivity contribution in [1.82, 2.24) is 4.98 Å². The fourth-order valence-electron chi connectivity index (χ4n) is 2.28. The van der Waals surface area contributed by atoms with E-state index in [9.17, 15) is 0 Å². The van der Waals surface area contributed by atoms with Crippen LogP contribution in [0.25, 0.3) is 22.0 Å². The number of aromatic nitrogens is 1. The lowest BCUT2D eigenvalue weighted by Crippen LogP contribution is -1.94. The molecule has 1 heterocycles. The Labute approximate surface area is 111 Å². The Morgan fingerprint density at radius 1 is 0.947 bits per heavy atom. The number of anilines is 1. The number of para-hydroxylation sites is 1. The lowest BCUT2D eigenvalue weighted by molar-refractivity contribution is 0.420. The second-order valence-electron chi connectivity index (χ2n) is 4.31. The van der Waals surface area contributed by atoms with Gasteiger partial charge in [0, 0.05) is 28.4 Å². The molecule has 0 amide bonds. The van der Waals surface area contributed by atoms with Crippen molar-refractivity contribution in [2.45, 2.75) is 0 Å². The highest BCUT2D eigenvalue weighted by Crippen LogP contribution is 2.37. The topological polar surface area (TPSA) is 48.1 Å². The van der Waals surface area contributed by atoms with Gasteiger partial charge in [-0.05, 0) is 18.2 Å². The first-order valence-corrected chi connectivity index (χ1v) is 6.08. The number of nitrogens with zero attached hydrogens (tertiary/aromatic N) is 1. The summed E-state index contributed by atoms with van der Waals surface area (Å²) in [6.07, 6.45) is 1.77. The molecule has 3 heteroatoms. The van der Waals surface area contributed by atoms with Crippen LogP contribution in [-0.2, 0) is 0 Å². The quantitative estimate of drug-likeness (QED) is 0.708. The maximum absolute atomic E-state index is 6.04. The second kappa shape index (κ2) is 4.61. The number of ether oxygens (including phenoxy) is 1. The maximum Gasteiger partial charge on any atom is 0.152 e. The van der Waals surface area contributed by atoms with Gasteiger partial charge in [-0.2, -0.15) is 0 Å². The number of rotatable bonds is 2. The zero-order valence-corrected chi connectivity index (χ0v) is 10.6. The van der Waals surface area contributed by atoms with Crippen LogP contribution < -0.4 is 10.5 Å². The maximum atomic E-state index is 6.04. The molecule has 2 N–H and O–H groups in total. The normalized spacial score (nSPS) is 10.6. The number of nitrogen functional groups attached to an aromatic ring is 1. The Balaban J connectivity index is 2.33. The van der Waals surface area contributed by atoms with Crippen molar-refractivity contribution in [3.63, 3.8) is 0 Å². The van der Waals surface area contributed by atoms with E-state index in [1.807, 2.05) is 48.5 Å². The standard InChI is InChI=1S/C16H14N2O/c1-19-16-13(12-6-2-3-7-14(12)17)9-8-11-5-4-10-18-15(11)16/h2-10H,17H2,1H3. The van der Waals surface area contributed by atoms with Crippen molar-refractivity contribution in [1.29, 1.82) is 0 Å². The molecule has 3 nitrogen and oxygen atoms in total. The predicted molar refractivity (Wildman–Crippen MR) is 78.1 cm³/mol. The van der Waals surface area contributed by atoms with E-state index in [0.29, 0.717) is 0 Å². The number of benzene rings is 2. The molecule has 0 aliphatic rings. The third-order valence-electron chi connectivity index (χ3n) is 3.18. The third kappa shape index (κ3) is 1.89. The Bertz CT molecular complexity index is 738. The number of methoxy groups -OCH3 is 1. The van der Waals surface area contributed by atoms with Crippen LogP contribution in [-0.4, -0.2) is 12.1 Å². The summed E-state index contributed by atoms with van der Waals surface area (Å²) in [5.41, 5.74) is 9.56.